The van der Waals surface area contributed by atoms with Crippen molar-refractivity contribution in [3.05, 3.63) is 18.0 Å². The highest BCUT2D eigenvalue weighted by molar-refractivity contribution is 5.92. The lowest BCUT2D eigenvalue weighted by molar-refractivity contribution is -0.181. The van der Waals surface area contributed by atoms with Gasteiger partial charge in [0.05, 0.1) is 13.2 Å². The third kappa shape index (κ3) is 2.71. The summed E-state index contributed by atoms with van der Waals surface area (Å²) >= 11 is 0. The van der Waals surface area contributed by atoms with Gasteiger partial charge in [-0.05, 0) is 13.0 Å². The van der Waals surface area contributed by atoms with Gasteiger partial charge >= 0.3 is 5.97 Å². The van der Waals surface area contributed by atoms with E-state index in [4.69, 9.17) is 14.6 Å². The number of carbonyl (C=O) groups is 2. The molecule has 120 valence electrons. The molecule has 8 nitrogen and oxygen atoms in total. The molecule has 1 amide bonds. The molecule has 0 saturated carbocycles. The maximum Gasteiger partial charge on any atom is 0.328 e. The van der Waals surface area contributed by atoms with Gasteiger partial charge < -0.3 is 19.5 Å². The van der Waals surface area contributed by atoms with Gasteiger partial charge in [0, 0.05) is 32.1 Å². The summed E-state index contributed by atoms with van der Waals surface area (Å²) < 4.78 is 12.5. The predicted molar refractivity (Wildman–Crippen MR) is 74.3 cm³/mol. The second kappa shape index (κ2) is 5.69. The Morgan fingerprint density at radius 2 is 1.95 bits per heavy atom. The highest BCUT2D eigenvalue weighted by Crippen LogP contribution is 2.31. The number of hydrogen-bond acceptors (Lipinski definition) is 5. The molecule has 2 fully saturated rings. The molecule has 1 aromatic rings. The van der Waals surface area contributed by atoms with Crippen molar-refractivity contribution in [2.75, 3.05) is 26.3 Å². The Morgan fingerprint density at radius 1 is 1.32 bits per heavy atom. The van der Waals surface area contributed by atoms with Crippen LogP contribution in [-0.2, 0) is 14.3 Å². The lowest BCUT2D eigenvalue weighted by atomic mass is 10.0. The van der Waals surface area contributed by atoms with E-state index >= 15 is 0 Å². The van der Waals surface area contributed by atoms with E-state index < -0.39 is 17.8 Å². The summed E-state index contributed by atoms with van der Waals surface area (Å²) in [4.78, 5) is 25.1. The fourth-order valence-electron chi connectivity index (χ4n) is 2.78. The molecule has 3 heterocycles. The average molecular weight is 309 g/mol. The molecule has 2 saturated heterocycles. The Balaban J connectivity index is 1.64. The van der Waals surface area contributed by atoms with Gasteiger partial charge in [-0.25, -0.2) is 4.79 Å². The molecule has 3 rings (SSSR count). The van der Waals surface area contributed by atoms with E-state index in [-0.39, 0.29) is 11.6 Å². The molecular weight excluding hydrogens is 290 g/mol. The van der Waals surface area contributed by atoms with Gasteiger partial charge in [-0.3, -0.25) is 9.48 Å². The predicted octanol–water partition coefficient (Wildman–Crippen LogP) is 0.508. The molecule has 1 N–H and O–H groups in total. The van der Waals surface area contributed by atoms with Crippen molar-refractivity contribution < 1.29 is 24.2 Å². The topological polar surface area (TPSA) is 93.9 Å². The van der Waals surface area contributed by atoms with Crippen LogP contribution in [0.15, 0.2) is 12.3 Å². The first-order chi connectivity index (χ1) is 10.5. The molecule has 2 aliphatic heterocycles. The van der Waals surface area contributed by atoms with E-state index in [0.717, 1.165) is 0 Å². The molecule has 0 bridgehead atoms. The van der Waals surface area contributed by atoms with Gasteiger partial charge in [-0.1, -0.05) is 0 Å². The minimum atomic E-state index is -0.988. The molecule has 0 aliphatic carbocycles. The molecule has 0 aromatic carbocycles. The number of ether oxygens (including phenoxy) is 2. The molecule has 1 spiro atoms. The average Bonchev–Trinajstić information content (AvgIpc) is 3.16. The molecule has 8 heteroatoms. The maximum absolute atomic E-state index is 12.4. The lowest BCUT2D eigenvalue weighted by Crippen LogP contribution is -2.47. The van der Waals surface area contributed by atoms with E-state index in [1.54, 1.807) is 11.0 Å². The summed E-state index contributed by atoms with van der Waals surface area (Å²) in [6, 6.07) is 0.751. The number of carboxylic acid groups (broad SMARTS) is 1. The number of hydrogen-bond donors (Lipinski definition) is 1. The van der Waals surface area contributed by atoms with Crippen molar-refractivity contribution in [2.24, 2.45) is 0 Å². The minimum Gasteiger partial charge on any atom is -0.480 e. The zero-order valence-electron chi connectivity index (χ0n) is 12.4. The SMILES string of the molecule is CC(C(=O)O)n1ccc(C(=O)N2CCC3(CC2)OCCO3)n1. The molecule has 1 atom stereocenters. The Labute approximate surface area is 127 Å². The number of likely N-dealkylation sites (tertiary alicyclic amines) is 1. The van der Waals surface area contributed by atoms with Crippen molar-refractivity contribution >= 4 is 11.9 Å². The normalized spacial score (nSPS) is 22.0. The van der Waals surface area contributed by atoms with Crippen LogP contribution >= 0.6 is 0 Å². The van der Waals surface area contributed by atoms with Crippen LogP contribution in [0.25, 0.3) is 0 Å². The molecule has 1 unspecified atom stereocenters. The van der Waals surface area contributed by atoms with Gasteiger partial charge in [0.1, 0.15) is 11.7 Å². The van der Waals surface area contributed by atoms with Crippen LogP contribution in [0.3, 0.4) is 0 Å². The Morgan fingerprint density at radius 3 is 2.55 bits per heavy atom. The molecule has 2 aliphatic rings. The number of aliphatic carboxylic acids is 1. The fraction of sp³-hybridized carbons (Fsp3) is 0.643. The Hall–Kier alpha value is -1.93. The smallest absolute Gasteiger partial charge is 0.328 e. The lowest BCUT2D eigenvalue weighted by Gasteiger charge is -2.37. The first-order valence-electron chi connectivity index (χ1n) is 7.36. The van der Waals surface area contributed by atoms with Crippen LogP contribution in [0.4, 0.5) is 0 Å². The number of carbonyl (C=O) groups excluding carboxylic acids is 1. The summed E-state index contributed by atoms with van der Waals surface area (Å²) in [6.07, 6.45) is 2.80. The van der Waals surface area contributed by atoms with Crippen molar-refractivity contribution in [3.63, 3.8) is 0 Å². The summed E-state index contributed by atoms with van der Waals surface area (Å²) in [5.74, 6) is -1.70. The van der Waals surface area contributed by atoms with Crippen LogP contribution in [0.5, 0.6) is 0 Å². The molecular formula is C14H19N3O5. The van der Waals surface area contributed by atoms with Crippen molar-refractivity contribution in [3.8, 4) is 0 Å². The monoisotopic (exact) mass is 309 g/mol. The highest BCUT2D eigenvalue weighted by Gasteiger charge is 2.41. The molecule has 1 aromatic heterocycles. The number of carboxylic acids is 1. The number of amides is 1. The van der Waals surface area contributed by atoms with E-state index in [1.165, 1.54) is 17.8 Å². The van der Waals surface area contributed by atoms with Crippen LogP contribution < -0.4 is 0 Å². The van der Waals surface area contributed by atoms with E-state index in [2.05, 4.69) is 5.10 Å². The second-order valence-corrected chi connectivity index (χ2v) is 5.60. The van der Waals surface area contributed by atoms with Gasteiger partial charge in [0.25, 0.3) is 5.91 Å². The van der Waals surface area contributed by atoms with Crippen LogP contribution in [-0.4, -0.2) is 63.8 Å². The van der Waals surface area contributed by atoms with E-state index in [0.29, 0.717) is 39.1 Å². The molecule has 22 heavy (non-hydrogen) atoms. The largest absolute Gasteiger partial charge is 0.480 e. The number of aromatic nitrogens is 2. The maximum atomic E-state index is 12.4. The Bertz CT molecular complexity index is 569. The van der Waals surface area contributed by atoms with Crippen LogP contribution in [0.1, 0.15) is 36.3 Å². The number of piperidine rings is 1. The first kappa shape index (κ1) is 15.0. The number of nitrogens with zero attached hydrogens (tertiary/aromatic N) is 3. The highest BCUT2D eigenvalue weighted by atomic mass is 16.7. The van der Waals surface area contributed by atoms with Crippen LogP contribution in [0.2, 0.25) is 0 Å². The summed E-state index contributed by atoms with van der Waals surface area (Å²) in [7, 11) is 0. The quantitative estimate of drug-likeness (QED) is 0.874. The zero-order chi connectivity index (χ0) is 15.7. The van der Waals surface area contributed by atoms with Gasteiger partial charge in [-0.15, -0.1) is 0 Å². The van der Waals surface area contributed by atoms with E-state index in [1.807, 2.05) is 0 Å². The number of rotatable bonds is 3. The van der Waals surface area contributed by atoms with Crippen molar-refractivity contribution in [2.45, 2.75) is 31.6 Å². The first-order valence-corrected chi connectivity index (χ1v) is 7.36. The van der Waals surface area contributed by atoms with E-state index in [9.17, 15) is 9.59 Å². The summed E-state index contributed by atoms with van der Waals surface area (Å²) in [6.45, 7) is 3.81. The van der Waals surface area contributed by atoms with Gasteiger partial charge in [0.15, 0.2) is 5.79 Å². The van der Waals surface area contributed by atoms with Crippen LogP contribution in [0, 0.1) is 0 Å². The second-order valence-electron chi connectivity index (χ2n) is 5.60. The van der Waals surface area contributed by atoms with Gasteiger partial charge in [-0.2, -0.15) is 5.10 Å². The minimum absolute atomic E-state index is 0.191. The summed E-state index contributed by atoms with van der Waals surface area (Å²) in [5, 5.41) is 13.0. The van der Waals surface area contributed by atoms with Crippen molar-refractivity contribution in [1.29, 1.82) is 0 Å². The van der Waals surface area contributed by atoms with Gasteiger partial charge in [0.2, 0.25) is 0 Å². The Kier molecular flexibility index (Phi) is 3.88. The van der Waals surface area contributed by atoms with Crippen molar-refractivity contribution in [1.82, 2.24) is 14.7 Å². The third-order valence-corrected chi connectivity index (χ3v) is 4.21. The fourth-order valence-corrected chi connectivity index (χ4v) is 2.78. The zero-order valence-corrected chi connectivity index (χ0v) is 12.4. The third-order valence-electron chi connectivity index (χ3n) is 4.21. The summed E-state index contributed by atoms with van der Waals surface area (Å²) in [5.41, 5.74) is 0.261. The molecule has 0 radical (unpaired) electrons. The standard InChI is InChI=1S/C14H19N3O5/c1-10(13(19)20)17-5-2-11(15-17)12(18)16-6-3-14(4-7-16)21-8-9-22-14/h2,5,10H,3-4,6-9H2,1H3,(H,19,20).